The molecule has 1 rings (SSSR count). The molecular weight excluding hydrogens is 226 g/mol. The van der Waals surface area contributed by atoms with Crippen LogP contribution in [0.5, 0.6) is 0 Å². The van der Waals surface area contributed by atoms with E-state index in [1.165, 1.54) is 13.4 Å². The number of hydrogen-bond donors (Lipinski definition) is 2. The van der Waals surface area contributed by atoms with Crippen LogP contribution in [-0.4, -0.2) is 39.7 Å². The molecule has 17 heavy (non-hydrogen) atoms. The molecule has 94 valence electrons. The molecule has 7 nitrogen and oxygen atoms in total. The number of carbonyl (C=O) groups is 2. The fourth-order valence-electron chi connectivity index (χ4n) is 1.27. The summed E-state index contributed by atoms with van der Waals surface area (Å²) in [7, 11) is 1.33. The van der Waals surface area contributed by atoms with Gasteiger partial charge < -0.3 is 20.1 Å². The van der Waals surface area contributed by atoms with Gasteiger partial charge >= 0.3 is 11.9 Å². The first-order valence-electron chi connectivity index (χ1n) is 5.08. The molecule has 0 saturated heterocycles. The standard InChI is InChI=1S/C10H15N3O4/c1-17-9(14)2-3-13-5-7(12-6-13)4-8(11)10(15)16/h5-6,8H,2-4,11H2,1H3,(H,15,16). The fourth-order valence-corrected chi connectivity index (χ4v) is 1.27. The largest absolute Gasteiger partial charge is 0.480 e. The summed E-state index contributed by atoms with van der Waals surface area (Å²) in [6, 6.07) is -0.959. The lowest BCUT2D eigenvalue weighted by Gasteiger charge is -2.02. The van der Waals surface area contributed by atoms with Crippen molar-refractivity contribution in [3.63, 3.8) is 0 Å². The highest BCUT2D eigenvalue weighted by Crippen LogP contribution is 2.01. The minimum Gasteiger partial charge on any atom is -0.480 e. The molecule has 0 bridgehead atoms. The van der Waals surface area contributed by atoms with Gasteiger partial charge in [-0.3, -0.25) is 9.59 Å². The maximum absolute atomic E-state index is 10.9. The van der Waals surface area contributed by atoms with Crippen LogP contribution in [0.4, 0.5) is 0 Å². The van der Waals surface area contributed by atoms with Crippen molar-refractivity contribution in [2.45, 2.75) is 25.4 Å². The second-order valence-corrected chi connectivity index (χ2v) is 3.58. The Balaban J connectivity index is 2.48. The van der Waals surface area contributed by atoms with E-state index in [1.807, 2.05) is 0 Å². The Hall–Kier alpha value is -1.89. The minimum atomic E-state index is -1.06. The van der Waals surface area contributed by atoms with E-state index in [2.05, 4.69) is 9.72 Å². The van der Waals surface area contributed by atoms with E-state index in [4.69, 9.17) is 10.8 Å². The number of aromatic nitrogens is 2. The maximum Gasteiger partial charge on any atom is 0.320 e. The molecule has 0 aliphatic heterocycles. The van der Waals surface area contributed by atoms with Crippen molar-refractivity contribution >= 4 is 11.9 Å². The Bertz CT molecular complexity index is 402. The average molecular weight is 241 g/mol. The van der Waals surface area contributed by atoms with E-state index in [0.29, 0.717) is 12.2 Å². The smallest absolute Gasteiger partial charge is 0.320 e. The SMILES string of the molecule is COC(=O)CCn1cnc(CC(N)C(=O)O)c1. The van der Waals surface area contributed by atoms with Crippen molar-refractivity contribution in [2.75, 3.05) is 7.11 Å². The third-order valence-electron chi connectivity index (χ3n) is 2.23. The van der Waals surface area contributed by atoms with Gasteiger partial charge in [0.05, 0.1) is 25.6 Å². The molecule has 0 saturated carbocycles. The fraction of sp³-hybridized carbons (Fsp3) is 0.500. The molecule has 1 heterocycles. The molecule has 1 atom stereocenters. The van der Waals surface area contributed by atoms with E-state index in [1.54, 1.807) is 10.8 Å². The Morgan fingerprint density at radius 3 is 2.94 bits per heavy atom. The van der Waals surface area contributed by atoms with Gasteiger partial charge in [-0.25, -0.2) is 4.98 Å². The van der Waals surface area contributed by atoms with E-state index < -0.39 is 12.0 Å². The molecule has 1 aromatic rings. The summed E-state index contributed by atoms with van der Waals surface area (Å²) in [5.41, 5.74) is 5.97. The summed E-state index contributed by atoms with van der Waals surface area (Å²) in [4.78, 5) is 25.5. The van der Waals surface area contributed by atoms with E-state index in [0.717, 1.165) is 0 Å². The first-order valence-corrected chi connectivity index (χ1v) is 5.08. The highest BCUT2D eigenvalue weighted by Gasteiger charge is 2.13. The number of imidazole rings is 1. The lowest BCUT2D eigenvalue weighted by Crippen LogP contribution is -2.32. The number of aryl methyl sites for hydroxylation is 1. The van der Waals surface area contributed by atoms with Crippen molar-refractivity contribution in [1.82, 2.24) is 9.55 Å². The summed E-state index contributed by atoms with van der Waals surface area (Å²) >= 11 is 0. The predicted octanol–water partition coefficient (Wildman–Crippen LogP) is -0.599. The van der Waals surface area contributed by atoms with Gasteiger partial charge in [0.15, 0.2) is 0 Å². The maximum atomic E-state index is 10.9. The van der Waals surface area contributed by atoms with E-state index in [-0.39, 0.29) is 18.8 Å². The first kappa shape index (κ1) is 13.2. The summed E-state index contributed by atoms with van der Waals surface area (Å²) in [5, 5.41) is 8.64. The molecular formula is C10H15N3O4. The van der Waals surface area contributed by atoms with Crippen LogP contribution >= 0.6 is 0 Å². The number of carbonyl (C=O) groups excluding carboxylic acids is 1. The molecule has 3 N–H and O–H groups in total. The van der Waals surface area contributed by atoms with Crippen molar-refractivity contribution in [1.29, 1.82) is 0 Å². The number of hydrogen-bond acceptors (Lipinski definition) is 5. The van der Waals surface area contributed by atoms with Gasteiger partial charge in [0.25, 0.3) is 0 Å². The van der Waals surface area contributed by atoms with Crippen molar-refractivity contribution in [2.24, 2.45) is 5.73 Å². The van der Waals surface area contributed by atoms with E-state index in [9.17, 15) is 9.59 Å². The Labute approximate surface area is 98.2 Å². The van der Waals surface area contributed by atoms with Crippen LogP contribution in [0.3, 0.4) is 0 Å². The monoisotopic (exact) mass is 241 g/mol. The van der Waals surface area contributed by atoms with Gasteiger partial charge in [-0.05, 0) is 0 Å². The van der Waals surface area contributed by atoms with Gasteiger partial charge in [0.1, 0.15) is 6.04 Å². The highest BCUT2D eigenvalue weighted by molar-refractivity contribution is 5.73. The Morgan fingerprint density at radius 1 is 1.65 bits per heavy atom. The number of esters is 1. The van der Waals surface area contributed by atoms with Gasteiger partial charge in [0, 0.05) is 19.2 Å². The minimum absolute atomic E-state index is 0.167. The van der Waals surface area contributed by atoms with Crippen molar-refractivity contribution < 1.29 is 19.4 Å². The number of aliphatic carboxylic acids is 1. The Morgan fingerprint density at radius 2 is 2.35 bits per heavy atom. The van der Waals surface area contributed by atoms with Crippen LogP contribution < -0.4 is 5.73 Å². The predicted molar refractivity (Wildman–Crippen MR) is 58.2 cm³/mol. The number of nitrogens with two attached hydrogens (primary N) is 1. The zero-order chi connectivity index (χ0) is 12.8. The van der Waals surface area contributed by atoms with Gasteiger partial charge in [-0.1, -0.05) is 0 Å². The second kappa shape index (κ2) is 6.00. The Kier molecular flexibility index (Phi) is 4.65. The zero-order valence-corrected chi connectivity index (χ0v) is 9.50. The number of carboxylic acid groups (broad SMARTS) is 1. The molecule has 0 fully saturated rings. The molecule has 0 amide bonds. The second-order valence-electron chi connectivity index (χ2n) is 3.58. The van der Waals surface area contributed by atoms with E-state index >= 15 is 0 Å². The summed E-state index contributed by atoms with van der Waals surface area (Å²) < 4.78 is 6.20. The molecule has 7 heteroatoms. The number of ether oxygens (including phenoxy) is 1. The van der Waals surface area contributed by atoms with Crippen molar-refractivity contribution in [3.8, 4) is 0 Å². The lowest BCUT2D eigenvalue weighted by atomic mass is 10.2. The lowest BCUT2D eigenvalue weighted by molar-refractivity contribution is -0.141. The number of carboxylic acids is 1. The average Bonchev–Trinajstić information content (AvgIpc) is 2.73. The molecule has 1 aromatic heterocycles. The molecule has 0 aliphatic carbocycles. The van der Waals surface area contributed by atoms with Crippen LogP contribution in [0.15, 0.2) is 12.5 Å². The van der Waals surface area contributed by atoms with Crippen LogP contribution in [0, 0.1) is 0 Å². The van der Waals surface area contributed by atoms with Crippen LogP contribution in [0.25, 0.3) is 0 Å². The van der Waals surface area contributed by atoms with Crippen LogP contribution in [0.2, 0.25) is 0 Å². The van der Waals surface area contributed by atoms with Gasteiger partial charge in [-0.15, -0.1) is 0 Å². The first-order chi connectivity index (χ1) is 8.02. The van der Waals surface area contributed by atoms with Gasteiger partial charge in [-0.2, -0.15) is 0 Å². The quantitative estimate of drug-likeness (QED) is 0.644. The number of methoxy groups -OCH3 is 1. The molecule has 0 radical (unpaired) electrons. The van der Waals surface area contributed by atoms with Gasteiger partial charge in [0.2, 0.25) is 0 Å². The molecule has 0 aliphatic rings. The van der Waals surface area contributed by atoms with Crippen molar-refractivity contribution in [3.05, 3.63) is 18.2 Å². The summed E-state index contributed by atoms with van der Waals surface area (Å²) in [6.07, 6.45) is 3.62. The number of rotatable bonds is 6. The summed E-state index contributed by atoms with van der Waals surface area (Å²) in [6.45, 7) is 0.446. The molecule has 0 aromatic carbocycles. The third-order valence-corrected chi connectivity index (χ3v) is 2.23. The summed E-state index contributed by atoms with van der Waals surface area (Å²) in [5.74, 6) is -1.36. The molecule has 1 unspecified atom stereocenters. The normalized spacial score (nSPS) is 12.1. The number of nitrogens with zero attached hydrogens (tertiary/aromatic N) is 2. The highest BCUT2D eigenvalue weighted by atomic mass is 16.5. The third kappa shape index (κ3) is 4.23. The molecule has 0 spiro atoms. The zero-order valence-electron chi connectivity index (χ0n) is 9.50. The van der Waals surface area contributed by atoms with Crippen LogP contribution in [-0.2, 0) is 27.3 Å². The van der Waals surface area contributed by atoms with Crippen LogP contribution in [0.1, 0.15) is 12.1 Å². The topological polar surface area (TPSA) is 107 Å².